The molecule has 0 heterocycles. The summed E-state index contributed by atoms with van der Waals surface area (Å²) in [5.74, 6) is 1.85. The Morgan fingerprint density at radius 2 is 1.67 bits per heavy atom. The molecule has 3 nitrogen and oxygen atoms in total. The number of aliphatic hydroxyl groups is 2. The lowest BCUT2D eigenvalue weighted by molar-refractivity contribution is -0.240. The molecule has 4 saturated carbocycles. The van der Waals surface area contributed by atoms with E-state index >= 15 is 0 Å². The number of rotatable bonds is 1. The van der Waals surface area contributed by atoms with Crippen molar-refractivity contribution in [2.75, 3.05) is 0 Å². The number of Topliss-reactive ketones (excluding diaryl/α,β-unsaturated/α-hetero) is 1. The Bertz CT molecular complexity index is 545. The smallest absolute Gasteiger partial charge is 0.133 e. The van der Waals surface area contributed by atoms with Gasteiger partial charge in [0.1, 0.15) is 5.78 Å². The second-order valence-corrected chi connectivity index (χ2v) is 10.0. The molecule has 4 aliphatic carbocycles. The fraction of sp³-hybridized carbons (Fsp3) is 0.952. The minimum Gasteiger partial charge on any atom is -0.393 e. The first-order valence-electron chi connectivity index (χ1n) is 10.1. The van der Waals surface area contributed by atoms with E-state index in [1.54, 1.807) is 6.92 Å². The van der Waals surface area contributed by atoms with Crippen LogP contribution in [0.25, 0.3) is 0 Å². The van der Waals surface area contributed by atoms with Crippen molar-refractivity contribution in [3.05, 3.63) is 0 Å². The molecule has 0 radical (unpaired) electrons. The van der Waals surface area contributed by atoms with Crippen molar-refractivity contribution in [3.63, 3.8) is 0 Å². The van der Waals surface area contributed by atoms with Crippen molar-refractivity contribution in [1.29, 1.82) is 0 Å². The van der Waals surface area contributed by atoms with E-state index in [0.29, 0.717) is 23.5 Å². The lowest BCUT2D eigenvalue weighted by Crippen LogP contribution is -2.65. The van der Waals surface area contributed by atoms with Crippen LogP contribution in [0.4, 0.5) is 0 Å². The van der Waals surface area contributed by atoms with Crippen LogP contribution in [-0.2, 0) is 4.79 Å². The lowest BCUT2D eigenvalue weighted by Gasteiger charge is -2.65. The fourth-order valence-electron chi connectivity index (χ4n) is 7.84. The molecule has 2 N–H and O–H groups in total. The van der Waals surface area contributed by atoms with Gasteiger partial charge in [-0.2, -0.15) is 0 Å². The molecule has 4 aliphatic rings. The average Bonchev–Trinajstić information content (AvgIpc) is 2.87. The minimum absolute atomic E-state index is 0.0508. The molecule has 0 spiro atoms. The van der Waals surface area contributed by atoms with E-state index in [-0.39, 0.29) is 22.9 Å². The molecule has 0 aromatic rings. The van der Waals surface area contributed by atoms with Crippen molar-refractivity contribution in [2.24, 2.45) is 34.5 Å². The molecule has 0 aromatic heterocycles. The molecule has 0 aliphatic heterocycles. The summed E-state index contributed by atoms with van der Waals surface area (Å²) in [6.07, 6.45) is 8.64. The van der Waals surface area contributed by atoms with Gasteiger partial charge in [0.15, 0.2) is 0 Å². The van der Waals surface area contributed by atoms with Gasteiger partial charge in [0.25, 0.3) is 0 Å². The lowest BCUT2D eigenvalue weighted by atomic mass is 9.42. The number of fused-ring (bicyclic) bond motifs is 5. The first kappa shape index (κ1) is 17.0. The highest BCUT2D eigenvalue weighted by Crippen LogP contribution is 2.69. The third-order valence-electron chi connectivity index (χ3n) is 9.31. The van der Waals surface area contributed by atoms with Crippen LogP contribution in [0.15, 0.2) is 0 Å². The normalized spacial score (nSPS) is 57.0. The molecule has 0 saturated heterocycles. The van der Waals surface area contributed by atoms with Gasteiger partial charge in [-0.15, -0.1) is 0 Å². The van der Waals surface area contributed by atoms with Gasteiger partial charge in [0.2, 0.25) is 0 Å². The molecule has 136 valence electrons. The zero-order valence-corrected chi connectivity index (χ0v) is 15.6. The second-order valence-electron chi connectivity index (χ2n) is 10.0. The summed E-state index contributed by atoms with van der Waals surface area (Å²) in [5, 5.41) is 22.1. The van der Waals surface area contributed by atoms with E-state index < -0.39 is 5.60 Å². The topological polar surface area (TPSA) is 57.5 Å². The number of ketones is 1. The largest absolute Gasteiger partial charge is 0.393 e. The third kappa shape index (κ3) is 2.00. The summed E-state index contributed by atoms with van der Waals surface area (Å²) in [5.41, 5.74) is -0.545. The van der Waals surface area contributed by atoms with E-state index in [1.165, 1.54) is 0 Å². The van der Waals surface area contributed by atoms with Crippen LogP contribution in [-0.4, -0.2) is 27.7 Å². The zero-order chi connectivity index (χ0) is 17.3. The highest BCUT2D eigenvalue weighted by molar-refractivity contribution is 5.79. The molecule has 8 unspecified atom stereocenters. The Morgan fingerprint density at radius 1 is 0.958 bits per heavy atom. The maximum atomic E-state index is 12.2. The van der Waals surface area contributed by atoms with Crippen LogP contribution < -0.4 is 0 Å². The van der Waals surface area contributed by atoms with Crippen molar-refractivity contribution in [1.82, 2.24) is 0 Å². The fourth-order valence-corrected chi connectivity index (χ4v) is 7.84. The van der Waals surface area contributed by atoms with Crippen LogP contribution in [0.2, 0.25) is 0 Å². The molecule has 24 heavy (non-hydrogen) atoms. The van der Waals surface area contributed by atoms with Gasteiger partial charge in [-0.25, -0.2) is 0 Å². The molecule has 4 fully saturated rings. The molecule has 0 amide bonds. The van der Waals surface area contributed by atoms with E-state index in [2.05, 4.69) is 13.8 Å². The molecule has 8 atom stereocenters. The Kier molecular flexibility index (Phi) is 3.76. The van der Waals surface area contributed by atoms with Gasteiger partial charge >= 0.3 is 0 Å². The van der Waals surface area contributed by atoms with Gasteiger partial charge in [0.05, 0.1) is 11.7 Å². The monoisotopic (exact) mass is 334 g/mol. The number of hydrogen-bond acceptors (Lipinski definition) is 3. The zero-order valence-electron chi connectivity index (χ0n) is 15.6. The van der Waals surface area contributed by atoms with Gasteiger partial charge < -0.3 is 10.2 Å². The summed E-state index contributed by atoms with van der Waals surface area (Å²) in [6.45, 7) is 6.39. The standard InChI is InChI=1S/C21H34O3/c1-13(22)16-6-7-17-18-5-4-14-12-15(23)8-9-20(14,3)21(18,24)11-10-19(16,17)2/h14-18,23-24H,4-12H2,1-3H3. The summed E-state index contributed by atoms with van der Waals surface area (Å²) in [7, 11) is 0. The van der Waals surface area contributed by atoms with E-state index in [9.17, 15) is 15.0 Å². The Morgan fingerprint density at radius 3 is 2.38 bits per heavy atom. The molecule has 0 bridgehead atoms. The maximum absolute atomic E-state index is 12.2. The predicted molar refractivity (Wildman–Crippen MR) is 93.4 cm³/mol. The first-order chi connectivity index (χ1) is 11.2. The summed E-state index contributed by atoms with van der Waals surface area (Å²) in [6, 6.07) is 0. The Balaban J connectivity index is 1.68. The van der Waals surface area contributed by atoms with Crippen LogP contribution in [0.3, 0.4) is 0 Å². The summed E-state index contributed by atoms with van der Waals surface area (Å²) >= 11 is 0. The number of aliphatic hydroxyl groups excluding tert-OH is 1. The molecule has 3 heteroatoms. The predicted octanol–water partition coefficient (Wildman–Crippen LogP) is 3.71. The van der Waals surface area contributed by atoms with E-state index in [1.807, 2.05) is 0 Å². The van der Waals surface area contributed by atoms with Crippen LogP contribution in [0.1, 0.15) is 78.6 Å². The molecule has 4 rings (SSSR count). The maximum Gasteiger partial charge on any atom is 0.133 e. The van der Waals surface area contributed by atoms with E-state index in [4.69, 9.17) is 0 Å². The van der Waals surface area contributed by atoms with Gasteiger partial charge in [-0.1, -0.05) is 13.8 Å². The van der Waals surface area contributed by atoms with Gasteiger partial charge in [-0.05, 0) is 93.3 Å². The molecular formula is C21H34O3. The average molecular weight is 335 g/mol. The summed E-state index contributed by atoms with van der Waals surface area (Å²) < 4.78 is 0. The van der Waals surface area contributed by atoms with Crippen molar-refractivity contribution >= 4 is 5.78 Å². The van der Waals surface area contributed by atoms with Crippen molar-refractivity contribution in [3.8, 4) is 0 Å². The molecular weight excluding hydrogens is 300 g/mol. The molecule has 0 aromatic carbocycles. The van der Waals surface area contributed by atoms with Crippen molar-refractivity contribution < 1.29 is 15.0 Å². The second kappa shape index (κ2) is 5.30. The van der Waals surface area contributed by atoms with E-state index in [0.717, 1.165) is 57.8 Å². The summed E-state index contributed by atoms with van der Waals surface area (Å²) in [4.78, 5) is 12.2. The highest BCUT2D eigenvalue weighted by Gasteiger charge is 2.67. The van der Waals surface area contributed by atoms with Gasteiger partial charge in [0, 0.05) is 5.92 Å². The van der Waals surface area contributed by atoms with Crippen LogP contribution >= 0.6 is 0 Å². The van der Waals surface area contributed by atoms with Gasteiger partial charge in [-0.3, -0.25) is 4.79 Å². The number of carbonyl (C=O) groups excluding carboxylic acids is 1. The third-order valence-corrected chi connectivity index (χ3v) is 9.31. The van der Waals surface area contributed by atoms with Crippen LogP contribution in [0.5, 0.6) is 0 Å². The quantitative estimate of drug-likeness (QED) is 0.768. The Hall–Kier alpha value is -0.410. The van der Waals surface area contributed by atoms with Crippen molar-refractivity contribution in [2.45, 2.75) is 90.3 Å². The number of hydrogen-bond donors (Lipinski definition) is 2. The Labute approximate surface area is 146 Å². The minimum atomic E-state index is -0.591. The number of carbonyl (C=O) groups is 1. The SMILES string of the molecule is CC(=O)C1CCC2C3CCC4CC(O)CCC4(C)C3(O)CCC12C. The van der Waals surface area contributed by atoms with Crippen LogP contribution in [0, 0.1) is 34.5 Å². The first-order valence-corrected chi connectivity index (χ1v) is 10.1. The highest BCUT2D eigenvalue weighted by atomic mass is 16.3.